The number of rotatable bonds is 3. The first-order valence-electron chi connectivity index (χ1n) is 5.95. The fourth-order valence-corrected chi connectivity index (χ4v) is 3.60. The van der Waals surface area contributed by atoms with Crippen LogP contribution in [0.4, 0.5) is 11.4 Å². The maximum Gasteiger partial charge on any atom is 0.261 e. The van der Waals surface area contributed by atoms with Crippen molar-refractivity contribution in [1.82, 2.24) is 0 Å². The van der Waals surface area contributed by atoms with Crippen LogP contribution < -0.4 is 10.5 Å². The summed E-state index contributed by atoms with van der Waals surface area (Å²) in [5, 5.41) is 0. The molecule has 0 fully saturated rings. The first-order valence-corrected chi connectivity index (χ1v) is 8.23. The number of nitrogens with two attached hydrogens (primary N) is 1. The van der Waals surface area contributed by atoms with Gasteiger partial charge in [-0.2, -0.15) is 0 Å². The Bertz CT molecular complexity index is 738. The molecule has 6 heteroatoms. The van der Waals surface area contributed by atoms with Crippen LogP contribution in [0.3, 0.4) is 0 Å². The molecular formula is C14H15BrN2O2S. The number of benzene rings is 2. The predicted octanol–water partition coefficient (Wildman–Crippen LogP) is 3.45. The molecule has 106 valence electrons. The molecule has 0 atom stereocenters. The van der Waals surface area contributed by atoms with Crippen LogP contribution >= 0.6 is 15.9 Å². The fourth-order valence-electron chi connectivity index (χ4n) is 1.84. The number of sulfonamides is 1. The first kappa shape index (κ1) is 14.9. The van der Waals surface area contributed by atoms with Crippen molar-refractivity contribution < 1.29 is 8.42 Å². The third kappa shape index (κ3) is 2.96. The van der Waals surface area contributed by atoms with Crippen LogP contribution in [-0.4, -0.2) is 8.42 Å². The van der Waals surface area contributed by atoms with Crippen LogP contribution in [0.25, 0.3) is 0 Å². The van der Waals surface area contributed by atoms with Gasteiger partial charge in [0.2, 0.25) is 0 Å². The van der Waals surface area contributed by atoms with Crippen LogP contribution in [0.2, 0.25) is 0 Å². The zero-order valence-corrected chi connectivity index (χ0v) is 13.5. The summed E-state index contributed by atoms with van der Waals surface area (Å²) in [5.74, 6) is 0. The van der Waals surface area contributed by atoms with E-state index in [1.165, 1.54) is 12.1 Å². The van der Waals surface area contributed by atoms with Gasteiger partial charge in [-0.25, -0.2) is 8.42 Å². The molecule has 0 saturated heterocycles. The molecule has 0 amide bonds. The normalized spacial score (nSPS) is 11.3. The molecule has 0 radical (unpaired) electrons. The highest BCUT2D eigenvalue weighted by Crippen LogP contribution is 2.26. The van der Waals surface area contributed by atoms with Crippen molar-refractivity contribution in [2.24, 2.45) is 0 Å². The van der Waals surface area contributed by atoms with Crippen LogP contribution in [0.5, 0.6) is 0 Å². The number of para-hydroxylation sites is 1. The summed E-state index contributed by atoms with van der Waals surface area (Å²) in [5.41, 5.74) is 8.53. The average Bonchev–Trinajstić information content (AvgIpc) is 2.37. The lowest BCUT2D eigenvalue weighted by molar-refractivity contribution is 0.601. The molecule has 0 aliphatic carbocycles. The molecule has 4 nitrogen and oxygen atoms in total. The van der Waals surface area contributed by atoms with Crippen LogP contribution in [0, 0.1) is 13.8 Å². The van der Waals surface area contributed by atoms with Gasteiger partial charge >= 0.3 is 0 Å². The number of nitrogen functional groups attached to an aromatic ring is 1. The molecule has 0 spiro atoms. The predicted molar refractivity (Wildman–Crippen MR) is 85.3 cm³/mol. The lowest BCUT2D eigenvalue weighted by Gasteiger charge is -2.13. The van der Waals surface area contributed by atoms with E-state index in [2.05, 4.69) is 20.7 Å². The van der Waals surface area contributed by atoms with Gasteiger partial charge in [-0.3, -0.25) is 4.72 Å². The summed E-state index contributed by atoms with van der Waals surface area (Å²) in [6.07, 6.45) is 0. The SMILES string of the molecule is Cc1cccc(C)c1NS(=O)(=O)c1ccc(N)c(Br)c1. The minimum absolute atomic E-state index is 0.168. The molecule has 0 aromatic heterocycles. The Morgan fingerprint density at radius 3 is 2.25 bits per heavy atom. The van der Waals surface area contributed by atoms with E-state index in [0.717, 1.165) is 11.1 Å². The van der Waals surface area contributed by atoms with Crippen molar-refractivity contribution in [2.75, 3.05) is 10.5 Å². The Kier molecular flexibility index (Phi) is 4.06. The van der Waals surface area contributed by atoms with E-state index < -0.39 is 10.0 Å². The van der Waals surface area contributed by atoms with Crippen molar-refractivity contribution in [1.29, 1.82) is 0 Å². The average molecular weight is 355 g/mol. The van der Waals surface area contributed by atoms with Crippen molar-refractivity contribution in [3.05, 3.63) is 52.0 Å². The van der Waals surface area contributed by atoms with Crippen molar-refractivity contribution in [2.45, 2.75) is 18.7 Å². The molecule has 20 heavy (non-hydrogen) atoms. The number of aryl methyl sites for hydroxylation is 2. The van der Waals surface area contributed by atoms with E-state index in [1.807, 2.05) is 32.0 Å². The minimum atomic E-state index is -3.63. The Balaban J connectivity index is 2.43. The third-order valence-electron chi connectivity index (χ3n) is 3.00. The van der Waals surface area contributed by atoms with Gasteiger partial charge in [0.25, 0.3) is 10.0 Å². The van der Waals surface area contributed by atoms with Crippen molar-refractivity contribution in [3.63, 3.8) is 0 Å². The summed E-state index contributed by atoms with van der Waals surface area (Å²) in [7, 11) is -3.63. The summed E-state index contributed by atoms with van der Waals surface area (Å²) < 4.78 is 28.0. The second-order valence-corrected chi connectivity index (χ2v) is 7.09. The maximum atomic E-state index is 12.4. The second kappa shape index (κ2) is 5.46. The molecule has 2 aromatic carbocycles. The summed E-state index contributed by atoms with van der Waals surface area (Å²) in [6, 6.07) is 10.2. The van der Waals surface area contributed by atoms with Crippen LogP contribution in [-0.2, 0) is 10.0 Å². The molecule has 0 unspecified atom stereocenters. The number of nitrogens with one attached hydrogen (secondary N) is 1. The molecule has 2 rings (SSSR count). The number of hydrogen-bond donors (Lipinski definition) is 2. The highest BCUT2D eigenvalue weighted by Gasteiger charge is 2.17. The van der Waals surface area contributed by atoms with Crippen LogP contribution in [0.15, 0.2) is 45.8 Å². The van der Waals surface area contributed by atoms with E-state index in [-0.39, 0.29) is 4.90 Å². The lowest BCUT2D eigenvalue weighted by atomic mass is 10.1. The van der Waals surface area contributed by atoms with Crippen molar-refractivity contribution >= 4 is 37.3 Å². The zero-order chi connectivity index (χ0) is 14.9. The van der Waals surface area contributed by atoms with Gasteiger partial charge in [-0.1, -0.05) is 18.2 Å². The summed E-state index contributed by atoms with van der Waals surface area (Å²) in [6.45, 7) is 3.73. The van der Waals surface area contributed by atoms with Gasteiger partial charge in [0.1, 0.15) is 0 Å². The van der Waals surface area contributed by atoms with Crippen molar-refractivity contribution in [3.8, 4) is 0 Å². The Hall–Kier alpha value is -1.53. The molecular weight excluding hydrogens is 340 g/mol. The highest BCUT2D eigenvalue weighted by atomic mass is 79.9. The molecule has 0 heterocycles. The fraction of sp³-hybridized carbons (Fsp3) is 0.143. The number of anilines is 2. The second-order valence-electron chi connectivity index (χ2n) is 4.56. The lowest BCUT2D eigenvalue weighted by Crippen LogP contribution is -2.14. The van der Waals surface area contributed by atoms with Gasteiger partial charge in [0.05, 0.1) is 10.6 Å². The van der Waals surface area contributed by atoms with Gasteiger partial charge in [0, 0.05) is 10.2 Å². The Morgan fingerprint density at radius 2 is 1.70 bits per heavy atom. The molecule has 3 N–H and O–H groups in total. The third-order valence-corrected chi connectivity index (χ3v) is 5.03. The molecule has 0 bridgehead atoms. The highest BCUT2D eigenvalue weighted by molar-refractivity contribution is 9.10. The van der Waals surface area contributed by atoms with E-state index in [4.69, 9.17) is 5.73 Å². The Labute approximate surface area is 127 Å². The Morgan fingerprint density at radius 1 is 1.10 bits per heavy atom. The maximum absolute atomic E-state index is 12.4. The van der Waals surface area contributed by atoms with Crippen LogP contribution in [0.1, 0.15) is 11.1 Å². The molecule has 0 saturated carbocycles. The van der Waals surface area contributed by atoms with Gasteiger partial charge < -0.3 is 5.73 Å². The van der Waals surface area contributed by atoms with Gasteiger partial charge in [-0.05, 0) is 59.1 Å². The van der Waals surface area contributed by atoms with Gasteiger partial charge in [0.15, 0.2) is 0 Å². The number of hydrogen-bond acceptors (Lipinski definition) is 3. The molecule has 2 aromatic rings. The van der Waals surface area contributed by atoms with E-state index in [0.29, 0.717) is 15.8 Å². The summed E-state index contributed by atoms with van der Waals surface area (Å²) in [4.78, 5) is 0.168. The quantitative estimate of drug-likeness (QED) is 0.829. The van der Waals surface area contributed by atoms with E-state index in [9.17, 15) is 8.42 Å². The van der Waals surface area contributed by atoms with E-state index >= 15 is 0 Å². The van der Waals surface area contributed by atoms with Gasteiger partial charge in [-0.15, -0.1) is 0 Å². The minimum Gasteiger partial charge on any atom is -0.398 e. The number of halogens is 1. The largest absolute Gasteiger partial charge is 0.398 e. The van der Waals surface area contributed by atoms with E-state index in [1.54, 1.807) is 6.07 Å². The molecule has 0 aliphatic rings. The monoisotopic (exact) mass is 354 g/mol. The molecule has 0 aliphatic heterocycles. The smallest absolute Gasteiger partial charge is 0.261 e. The zero-order valence-electron chi connectivity index (χ0n) is 11.1. The topological polar surface area (TPSA) is 72.2 Å². The first-order chi connectivity index (χ1) is 9.31. The summed E-state index contributed by atoms with van der Waals surface area (Å²) >= 11 is 3.24. The standard InChI is InChI=1S/C14H15BrN2O2S/c1-9-4-3-5-10(2)14(9)17-20(18,19)11-6-7-13(16)12(15)8-11/h3-8,17H,16H2,1-2H3.